The zero-order chi connectivity index (χ0) is 16.2. The van der Waals surface area contributed by atoms with Gasteiger partial charge in [0.2, 0.25) is 0 Å². The van der Waals surface area contributed by atoms with E-state index in [0.29, 0.717) is 6.04 Å². The summed E-state index contributed by atoms with van der Waals surface area (Å²) in [5, 5.41) is 12.4. The molecule has 0 bridgehead atoms. The molecule has 1 fully saturated rings. The maximum absolute atomic E-state index is 4.36. The SMILES string of the molecule is C1=CN(CCCCc2nnnn2C2CCCCC2)Cc2nc[nH]c21. The van der Waals surface area contributed by atoms with E-state index >= 15 is 0 Å². The average Bonchev–Trinajstić information content (AvgIpc) is 3.28. The van der Waals surface area contributed by atoms with E-state index in [4.69, 9.17) is 0 Å². The van der Waals surface area contributed by atoms with Crippen molar-refractivity contribution in [2.45, 2.75) is 64.0 Å². The van der Waals surface area contributed by atoms with Gasteiger partial charge in [-0.25, -0.2) is 9.67 Å². The first-order valence-electron chi connectivity index (χ1n) is 9.11. The van der Waals surface area contributed by atoms with E-state index in [9.17, 15) is 0 Å². The minimum Gasteiger partial charge on any atom is -0.371 e. The van der Waals surface area contributed by atoms with Gasteiger partial charge in [-0.1, -0.05) is 19.3 Å². The third-order valence-corrected chi connectivity index (χ3v) is 5.13. The van der Waals surface area contributed by atoms with Gasteiger partial charge in [-0.2, -0.15) is 0 Å². The number of fused-ring (bicyclic) bond motifs is 1. The van der Waals surface area contributed by atoms with Crippen molar-refractivity contribution in [3.63, 3.8) is 0 Å². The first-order chi connectivity index (χ1) is 11.9. The van der Waals surface area contributed by atoms with Gasteiger partial charge in [0.25, 0.3) is 0 Å². The Hall–Kier alpha value is -2.18. The molecule has 1 aliphatic carbocycles. The van der Waals surface area contributed by atoms with Gasteiger partial charge < -0.3 is 9.88 Å². The minimum atomic E-state index is 0.520. The standard InChI is InChI=1S/C17H25N7/c1-2-6-14(7-3-1)24-17(20-21-22-24)8-4-5-10-23-11-9-15-16(12-23)19-13-18-15/h9,11,13-14H,1-8,10,12H2,(H,18,19). The van der Waals surface area contributed by atoms with E-state index in [1.165, 1.54) is 32.1 Å². The van der Waals surface area contributed by atoms with Crippen molar-refractivity contribution in [2.75, 3.05) is 6.54 Å². The Bertz CT molecular complexity index is 681. The van der Waals surface area contributed by atoms with Gasteiger partial charge in [-0.3, -0.25) is 0 Å². The number of rotatable bonds is 6. The lowest BCUT2D eigenvalue weighted by Gasteiger charge is -2.23. The number of unbranched alkanes of at least 4 members (excludes halogenated alkanes) is 1. The summed E-state index contributed by atoms with van der Waals surface area (Å²) in [5.74, 6) is 1.06. The van der Waals surface area contributed by atoms with Gasteiger partial charge in [-0.05, 0) is 42.2 Å². The largest absolute Gasteiger partial charge is 0.371 e. The van der Waals surface area contributed by atoms with Gasteiger partial charge in [0.15, 0.2) is 5.82 Å². The van der Waals surface area contributed by atoms with Crippen molar-refractivity contribution in [2.24, 2.45) is 0 Å². The molecule has 2 aliphatic rings. The number of nitrogens with one attached hydrogen (secondary N) is 1. The predicted molar refractivity (Wildman–Crippen MR) is 90.9 cm³/mol. The van der Waals surface area contributed by atoms with E-state index in [2.05, 4.69) is 47.4 Å². The van der Waals surface area contributed by atoms with Crippen molar-refractivity contribution in [3.8, 4) is 0 Å². The second-order valence-electron chi connectivity index (χ2n) is 6.84. The molecule has 0 unspecified atom stereocenters. The normalized spacial score (nSPS) is 18.1. The molecule has 1 N–H and O–H groups in total. The molecule has 0 amide bonds. The van der Waals surface area contributed by atoms with E-state index in [0.717, 1.165) is 49.6 Å². The highest BCUT2D eigenvalue weighted by Crippen LogP contribution is 2.28. The molecule has 7 heteroatoms. The fraction of sp³-hybridized carbons (Fsp3) is 0.647. The molecular formula is C17H25N7. The topological polar surface area (TPSA) is 75.5 Å². The lowest BCUT2D eigenvalue weighted by atomic mass is 9.95. The number of H-pyrrole nitrogens is 1. The summed E-state index contributed by atoms with van der Waals surface area (Å²) in [4.78, 5) is 9.84. The summed E-state index contributed by atoms with van der Waals surface area (Å²) in [6.45, 7) is 1.95. The maximum atomic E-state index is 4.36. The van der Waals surface area contributed by atoms with E-state index in [1.54, 1.807) is 6.33 Å². The van der Waals surface area contributed by atoms with Gasteiger partial charge in [0.1, 0.15) is 0 Å². The molecule has 7 nitrogen and oxygen atoms in total. The molecule has 4 rings (SSSR count). The zero-order valence-corrected chi connectivity index (χ0v) is 14.1. The number of hydrogen-bond donors (Lipinski definition) is 1. The summed E-state index contributed by atoms with van der Waals surface area (Å²) < 4.78 is 2.09. The molecule has 1 aliphatic heterocycles. The van der Waals surface area contributed by atoms with Crippen molar-refractivity contribution in [1.82, 2.24) is 35.1 Å². The first kappa shape index (κ1) is 15.4. The van der Waals surface area contributed by atoms with E-state index in [1.807, 2.05) is 0 Å². The average molecular weight is 327 g/mol. The Balaban J connectivity index is 1.24. The van der Waals surface area contributed by atoms with Crippen LogP contribution in [0.3, 0.4) is 0 Å². The molecule has 1 saturated carbocycles. The van der Waals surface area contributed by atoms with Gasteiger partial charge >= 0.3 is 0 Å². The number of aryl methyl sites for hydroxylation is 1. The molecule has 0 spiro atoms. The molecule has 0 aromatic carbocycles. The van der Waals surface area contributed by atoms with Gasteiger partial charge in [-0.15, -0.1) is 5.10 Å². The predicted octanol–water partition coefficient (Wildman–Crippen LogP) is 2.71. The Kier molecular flexibility index (Phi) is 4.57. The molecule has 24 heavy (non-hydrogen) atoms. The van der Waals surface area contributed by atoms with Crippen LogP contribution in [0, 0.1) is 0 Å². The Morgan fingerprint density at radius 1 is 1.17 bits per heavy atom. The van der Waals surface area contributed by atoms with Crippen LogP contribution in [0.5, 0.6) is 0 Å². The Labute approximate surface area is 142 Å². The molecule has 2 aromatic heterocycles. The maximum Gasteiger partial charge on any atom is 0.151 e. The molecule has 0 saturated heterocycles. The number of nitrogens with zero attached hydrogens (tertiary/aromatic N) is 6. The minimum absolute atomic E-state index is 0.520. The lowest BCUT2D eigenvalue weighted by molar-refractivity contribution is 0.314. The van der Waals surface area contributed by atoms with Crippen LogP contribution < -0.4 is 0 Å². The Morgan fingerprint density at radius 3 is 3.00 bits per heavy atom. The van der Waals surface area contributed by atoms with Gasteiger partial charge in [0.05, 0.1) is 30.3 Å². The smallest absolute Gasteiger partial charge is 0.151 e. The van der Waals surface area contributed by atoms with Crippen LogP contribution in [0.25, 0.3) is 6.08 Å². The summed E-state index contributed by atoms with van der Waals surface area (Å²) >= 11 is 0. The second-order valence-corrected chi connectivity index (χ2v) is 6.84. The van der Waals surface area contributed by atoms with Crippen LogP contribution >= 0.6 is 0 Å². The molecule has 128 valence electrons. The fourth-order valence-corrected chi connectivity index (χ4v) is 3.77. The quantitative estimate of drug-likeness (QED) is 0.826. The van der Waals surface area contributed by atoms with E-state index in [-0.39, 0.29) is 0 Å². The van der Waals surface area contributed by atoms with Crippen LogP contribution in [-0.4, -0.2) is 41.6 Å². The lowest BCUT2D eigenvalue weighted by Crippen LogP contribution is -2.21. The molecule has 0 radical (unpaired) electrons. The third kappa shape index (κ3) is 3.34. The summed E-state index contributed by atoms with van der Waals surface area (Å²) in [6, 6.07) is 0.520. The number of imidazole rings is 1. The van der Waals surface area contributed by atoms with Crippen molar-refractivity contribution in [1.29, 1.82) is 0 Å². The first-order valence-corrected chi connectivity index (χ1v) is 9.11. The van der Waals surface area contributed by atoms with Crippen LogP contribution in [0.15, 0.2) is 12.5 Å². The summed E-state index contributed by atoms with van der Waals surface area (Å²) in [7, 11) is 0. The van der Waals surface area contributed by atoms with Crippen LogP contribution in [0.1, 0.15) is 68.2 Å². The van der Waals surface area contributed by atoms with Crippen LogP contribution in [-0.2, 0) is 13.0 Å². The highest BCUT2D eigenvalue weighted by atomic mass is 15.5. The second kappa shape index (κ2) is 7.15. The molecule has 2 aromatic rings. The monoisotopic (exact) mass is 327 g/mol. The van der Waals surface area contributed by atoms with E-state index < -0.39 is 0 Å². The molecule has 0 atom stereocenters. The number of hydrogen-bond acceptors (Lipinski definition) is 5. The molecule has 3 heterocycles. The van der Waals surface area contributed by atoms with Crippen LogP contribution in [0.2, 0.25) is 0 Å². The van der Waals surface area contributed by atoms with Crippen molar-refractivity contribution in [3.05, 3.63) is 29.7 Å². The number of aromatic amines is 1. The highest BCUT2D eigenvalue weighted by molar-refractivity contribution is 5.49. The summed E-state index contributed by atoms with van der Waals surface area (Å²) in [6.07, 6.45) is 15.7. The number of aromatic nitrogens is 6. The Morgan fingerprint density at radius 2 is 2.08 bits per heavy atom. The zero-order valence-electron chi connectivity index (χ0n) is 14.1. The van der Waals surface area contributed by atoms with Crippen molar-refractivity contribution >= 4 is 6.08 Å². The fourth-order valence-electron chi connectivity index (χ4n) is 3.77. The number of tetrazole rings is 1. The summed E-state index contributed by atoms with van der Waals surface area (Å²) in [5.41, 5.74) is 2.27. The van der Waals surface area contributed by atoms with Crippen molar-refractivity contribution < 1.29 is 0 Å². The highest BCUT2D eigenvalue weighted by Gasteiger charge is 2.19. The molecular weight excluding hydrogens is 302 g/mol. The third-order valence-electron chi connectivity index (χ3n) is 5.13. The van der Waals surface area contributed by atoms with Crippen LogP contribution in [0.4, 0.5) is 0 Å². The van der Waals surface area contributed by atoms with Gasteiger partial charge in [0, 0.05) is 19.2 Å².